The van der Waals surface area contributed by atoms with E-state index in [-0.39, 0.29) is 11.9 Å². The first-order valence-corrected chi connectivity index (χ1v) is 6.47. The largest absolute Gasteiger partial charge is 0.377 e. The van der Waals surface area contributed by atoms with Gasteiger partial charge in [-0.2, -0.15) is 5.10 Å². The van der Waals surface area contributed by atoms with Gasteiger partial charge in [-0.25, -0.2) is 4.39 Å². The monoisotopic (exact) mass is 262 g/mol. The number of nitrogens with zero attached hydrogens (tertiary/aromatic N) is 2. The van der Waals surface area contributed by atoms with E-state index in [1.165, 1.54) is 12.1 Å². The first kappa shape index (κ1) is 13.5. The maximum Gasteiger partial charge on any atom is 0.125 e. The summed E-state index contributed by atoms with van der Waals surface area (Å²) in [5.74, 6) is -0.262. The van der Waals surface area contributed by atoms with Gasteiger partial charge in [0, 0.05) is 30.5 Å². The zero-order valence-electron chi connectivity index (χ0n) is 11.0. The highest BCUT2D eigenvalue weighted by Gasteiger charge is 2.12. The van der Waals surface area contributed by atoms with Crippen LogP contribution in [0.25, 0.3) is 0 Å². The highest BCUT2D eigenvalue weighted by atomic mass is 19.1. The van der Waals surface area contributed by atoms with Crippen molar-refractivity contribution in [3.63, 3.8) is 0 Å². The fraction of sp³-hybridized carbons (Fsp3) is 0.357. The normalized spacial score (nSPS) is 12.4. The Kier molecular flexibility index (Phi) is 4.52. The number of benzene rings is 1. The summed E-state index contributed by atoms with van der Waals surface area (Å²) in [5.41, 5.74) is 7.52. The molecule has 3 N–H and O–H groups in total. The molecule has 0 fully saturated rings. The highest BCUT2D eigenvalue weighted by molar-refractivity contribution is 5.45. The summed E-state index contributed by atoms with van der Waals surface area (Å²) in [6.07, 6.45) is 4.82. The lowest BCUT2D eigenvalue weighted by atomic mass is 10.1. The van der Waals surface area contributed by atoms with Gasteiger partial charge in [0.15, 0.2) is 0 Å². The zero-order chi connectivity index (χ0) is 13.7. The molecule has 5 heteroatoms. The van der Waals surface area contributed by atoms with Gasteiger partial charge in [-0.15, -0.1) is 0 Å². The molecule has 0 radical (unpaired) electrons. The Morgan fingerprint density at radius 2 is 2.32 bits per heavy atom. The zero-order valence-corrected chi connectivity index (χ0v) is 11.0. The molecular weight excluding hydrogens is 243 g/mol. The number of aryl methyl sites for hydroxylation is 1. The molecule has 1 aromatic heterocycles. The van der Waals surface area contributed by atoms with E-state index in [4.69, 9.17) is 5.73 Å². The molecule has 1 atom stereocenters. The quantitative estimate of drug-likeness (QED) is 0.841. The van der Waals surface area contributed by atoms with Crippen LogP contribution in [-0.4, -0.2) is 16.3 Å². The molecule has 1 heterocycles. The van der Waals surface area contributed by atoms with Gasteiger partial charge in [-0.1, -0.05) is 13.0 Å². The Labute approximate surface area is 112 Å². The van der Waals surface area contributed by atoms with Gasteiger partial charge in [0.05, 0.1) is 12.2 Å². The van der Waals surface area contributed by atoms with Crippen LogP contribution in [0, 0.1) is 5.82 Å². The number of aromatic nitrogens is 2. The first-order chi connectivity index (χ1) is 9.22. The number of hydrogen-bond donors (Lipinski definition) is 2. The fourth-order valence-electron chi connectivity index (χ4n) is 1.97. The SMILES string of the molecule is CCCn1cc(C(CN)Nc2cccc(F)c2)cn1. The third kappa shape index (κ3) is 3.54. The topological polar surface area (TPSA) is 55.9 Å². The lowest BCUT2D eigenvalue weighted by Gasteiger charge is -2.16. The molecule has 2 rings (SSSR count). The van der Waals surface area contributed by atoms with Crippen LogP contribution < -0.4 is 11.1 Å². The number of nitrogens with two attached hydrogens (primary N) is 1. The predicted molar refractivity (Wildman–Crippen MR) is 74.3 cm³/mol. The van der Waals surface area contributed by atoms with E-state index in [1.807, 2.05) is 16.9 Å². The number of anilines is 1. The molecule has 0 aliphatic carbocycles. The van der Waals surface area contributed by atoms with Crippen LogP contribution in [0.1, 0.15) is 24.9 Å². The minimum absolute atomic E-state index is 0.0626. The minimum atomic E-state index is -0.262. The molecule has 0 bridgehead atoms. The summed E-state index contributed by atoms with van der Waals surface area (Å²) in [4.78, 5) is 0. The molecule has 0 aliphatic rings. The van der Waals surface area contributed by atoms with Crippen LogP contribution in [0.15, 0.2) is 36.7 Å². The van der Waals surface area contributed by atoms with Gasteiger partial charge < -0.3 is 11.1 Å². The fourth-order valence-corrected chi connectivity index (χ4v) is 1.97. The van der Waals surface area contributed by atoms with Crippen molar-refractivity contribution in [1.82, 2.24) is 9.78 Å². The molecule has 0 spiro atoms. The average molecular weight is 262 g/mol. The number of nitrogens with one attached hydrogen (secondary N) is 1. The van der Waals surface area contributed by atoms with E-state index in [0.29, 0.717) is 6.54 Å². The van der Waals surface area contributed by atoms with Gasteiger partial charge in [0.25, 0.3) is 0 Å². The van der Waals surface area contributed by atoms with Crippen molar-refractivity contribution in [2.24, 2.45) is 5.73 Å². The summed E-state index contributed by atoms with van der Waals surface area (Å²) in [6.45, 7) is 3.42. The lowest BCUT2D eigenvalue weighted by Crippen LogP contribution is -2.20. The maximum absolute atomic E-state index is 13.1. The maximum atomic E-state index is 13.1. The third-order valence-corrected chi connectivity index (χ3v) is 2.91. The van der Waals surface area contributed by atoms with E-state index in [2.05, 4.69) is 17.3 Å². The Balaban J connectivity index is 2.10. The van der Waals surface area contributed by atoms with Gasteiger partial charge in [-0.05, 0) is 24.6 Å². The van der Waals surface area contributed by atoms with Crippen molar-refractivity contribution >= 4 is 5.69 Å². The molecular formula is C14H19FN4. The molecule has 0 amide bonds. The van der Waals surface area contributed by atoms with Crippen molar-refractivity contribution in [2.45, 2.75) is 25.9 Å². The minimum Gasteiger partial charge on any atom is -0.377 e. The number of rotatable bonds is 6. The van der Waals surface area contributed by atoms with Gasteiger partial charge in [-0.3, -0.25) is 4.68 Å². The first-order valence-electron chi connectivity index (χ1n) is 6.47. The smallest absolute Gasteiger partial charge is 0.125 e. The van der Waals surface area contributed by atoms with E-state index >= 15 is 0 Å². The molecule has 0 saturated heterocycles. The van der Waals surface area contributed by atoms with Crippen LogP contribution in [0.3, 0.4) is 0 Å². The van der Waals surface area contributed by atoms with Crippen molar-refractivity contribution in [1.29, 1.82) is 0 Å². The van der Waals surface area contributed by atoms with Crippen LogP contribution in [0.4, 0.5) is 10.1 Å². The van der Waals surface area contributed by atoms with Crippen LogP contribution in [0.2, 0.25) is 0 Å². The Morgan fingerprint density at radius 1 is 1.47 bits per heavy atom. The molecule has 1 aromatic carbocycles. The van der Waals surface area contributed by atoms with Crippen LogP contribution >= 0.6 is 0 Å². The molecule has 4 nitrogen and oxygen atoms in total. The van der Waals surface area contributed by atoms with Gasteiger partial charge >= 0.3 is 0 Å². The van der Waals surface area contributed by atoms with Crippen LogP contribution in [0.5, 0.6) is 0 Å². The van der Waals surface area contributed by atoms with Crippen molar-refractivity contribution in [3.8, 4) is 0 Å². The van der Waals surface area contributed by atoms with Crippen molar-refractivity contribution in [2.75, 3.05) is 11.9 Å². The number of halogens is 1. The molecule has 19 heavy (non-hydrogen) atoms. The van der Waals surface area contributed by atoms with Crippen LogP contribution in [-0.2, 0) is 6.54 Å². The molecule has 1 unspecified atom stereocenters. The van der Waals surface area contributed by atoms with E-state index < -0.39 is 0 Å². The standard InChI is InChI=1S/C14H19FN4/c1-2-6-19-10-11(9-17-19)14(8-16)18-13-5-3-4-12(15)7-13/h3-5,7,9-10,14,18H,2,6,8,16H2,1H3. The number of hydrogen-bond acceptors (Lipinski definition) is 3. The van der Waals surface area contributed by atoms with Gasteiger partial charge in [0.2, 0.25) is 0 Å². The molecule has 2 aromatic rings. The summed E-state index contributed by atoms with van der Waals surface area (Å²) >= 11 is 0. The van der Waals surface area contributed by atoms with Crippen molar-refractivity contribution in [3.05, 3.63) is 48.0 Å². The summed E-state index contributed by atoms with van der Waals surface area (Å²) in [6, 6.07) is 6.31. The average Bonchev–Trinajstić information content (AvgIpc) is 2.85. The summed E-state index contributed by atoms with van der Waals surface area (Å²) in [7, 11) is 0. The second-order valence-corrected chi connectivity index (χ2v) is 4.48. The third-order valence-electron chi connectivity index (χ3n) is 2.91. The predicted octanol–water partition coefficient (Wildman–Crippen LogP) is 2.54. The Bertz CT molecular complexity index is 524. The second kappa shape index (κ2) is 6.33. The van der Waals surface area contributed by atoms with E-state index in [1.54, 1.807) is 12.3 Å². The van der Waals surface area contributed by atoms with E-state index in [9.17, 15) is 4.39 Å². The molecule has 102 valence electrons. The highest BCUT2D eigenvalue weighted by Crippen LogP contribution is 2.19. The summed E-state index contributed by atoms with van der Waals surface area (Å²) in [5, 5.41) is 7.50. The Morgan fingerprint density at radius 3 is 3.00 bits per heavy atom. The summed E-state index contributed by atoms with van der Waals surface area (Å²) < 4.78 is 15.0. The second-order valence-electron chi connectivity index (χ2n) is 4.48. The van der Waals surface area contributed by atoms with Crippen molar-refractivity contribution < 1.29 is 4.39 Å². The lowest BCUT2D eigenvalue weighted by molar-refractivity contribution is 0.601. The Hall–Kier alpha value is -1.88. The molecule has 0 saturated carbocycles. The van der Waals surface area contributed by atoms with E-state index in [0.717, 1.165) is 24.2 Å². The molecule has 0 aliphatic heterocycles. The van der Waals surface area contributed by atoms with Gasteiger partial charge in [0.1, 0.15) is 5.82 Å².